The minimum atomic E-state index is -0.446. The highest BCUT2D eigenvalue weighted by atomic mass is 16.3. The third kappa shape index (κ3) is 6.82. The number of allylic oxidation sites excluding steroid dienone is 2. The minimum Gasteiger partial charge on any atom is -0.396 e. The van der Waals surface area contributed by atoms with Crippen LogP contribution in [0.5, 0.6) is 0 Å². The molecule has 0 fully saturated rings. The zero-order valence-electron chi connectivity index (χ0n) is 13.0. The van der Waals surface area contributed by atoms with E-state index in [9.17, 15) is 9.59 Å². The highest BCUT2D eigenvalue weighted by Crippen LogP contribution is 2.18. The Morgan fingerprint density at radius 2 is 1.95 bits per heavy atom. The van der Waals surface area contributed by atoms with E-state index in [-0.39, 0.29) is 30.1 Å². The van der Waals surface area contributed by atoms with Crippen LogP contribution in [0.15, 0.2) is 12.2 Å². The smallest absolute Gasteiger partial charge is 0.224 e. The van der Waals surface area contributed by atoms with Crippen LogP contribution >= 0.6 is 0 Å². The SMILES string of the molecule is C/C=C/C(CCO)C(C)C(=O)NC(CCNC)C(C)=O. The van der Waals surface area contributed by atoms with E-state index in [0.29, 0.717) is 19.4 Å². The van der Waals surface area contributed by atoms with Gasteiger partial charge in [-0.3, -0.25) is 9.59 Å². The summed E-state index contributed by atoms with van der Waals surface area (Å²) in [5.41, 5.74) is 0. The molecule has 0 heterocycles. The van der Waals surface area contributed by atoms with Crippen LogP contribution in [0.3, 0.4) is 0 Å². The Kier molecular flexibility index (Phi) is 9.94. The largest absolute Gasteiger partial charge is 0.396 e. The van der Waals surface area contributed by atoms with Crippen LogP contribution in [0, 0.1) is 11.8 Å². The summed E-state index contributed by atoms with van der Waals surface area (Å²) in [7, 11) is 1.81. The Balaban J connectivity index is 4.63. The third-order valence-electron chi connectivity index (χ3n) is 3.45. The van der Waals surface area contributed by atoms with Gasteiger partial charge in [0.1, 0.15) is 0 Å². The zero-order chi connectivity index (χ0) is 15.5. The van der Waals surface area contributed by atoms with Crippen LogP contribution < -0.4 is 10.6 Å². The van der Waals surface area contributed by atoms with E-state index in [1.165, 1.54) is 6.92 Å². The summed E-state index contributed by atoms with van der Waals surface area (Å²) in [5, 5.41) is 14.8. The molecule has 5 heteroatoms. The first-order chi connectivity index (χ1) is 9.47. The predicted octanol–water partition coefficient (Wildman–Crippen LogP) is 0.880. The molecule has 0 aromatic heterocycles. The van der Waals surface area contributed by atoms with Crippen LogP contribution in [0.4, 0.5) is 0 Å². The van der Waals surface area contributed by atoms with Gasteiger partial charge in [-0.25, -0.2) is 0 Å². The van der Waals surface area contributed by atoms with Crippen molar-refractivity contribution in [2.45, 2.75) is 39.7 Å². The first-order valence-corrected chi connectivity index (χ1v) is 7.17. The number of amides is 1. The number of rotatable bonds is 10. The van der Waals surface area contributed by atoms with Gasteiger partial charge in [-0.05, 0) is 46.2 Å². The number of carbonyl (C=O) groups is 2. The van der Waals surface area contributed by atoms with Crippen LogP contribution in [0.25, 0.3) is 0 Å². The van der Waals surface area contributed by atoms with E-state index in [2.05, 4.69) is 10.6 Å². The highest BCUT2D eigenvalue weighted by Gasteiger charge is 2.25. The Hall–Kier alpha value is -1.20. The van der Waals surface area contributed by atoms with Crippen molar-refractivity contribution in [2.24, 2.45) is 11.8 Å². The van der Waals surface area contributed by atoms with Gasteiger partial charge in [-0.1, -0.05) is 19.1 Å². The molecule has 3 unspecified atom stereocenters. The fourth-order valence-corrected chi connectivity index (χ4v) is 2.07. The van der Waals surface area contributed by atoms with Gasteiger partial charge in [-0.15, -0.1) is 0 Å². The fraction of sp³-hybridized carbons (Fsp3) is 0.733. The van der Waals surface area contributed by atoms with Gasteiger partial charge in [0.05, 0.1) is 6.04 Å². The molecule has 5 nitrogen and oxygen atoms in total. The normalized spacial score (nSPS) is 15.8. The standard InChI is InChI=1S/C15H28N2O3/c1-5-6-13(8-10-18)11(2)15(20)17-14(12(3)19)7-9-16-4/h5-6,11,13-14,16,18H,7-10H2,1-4H3,(H,17,20)/b6-5+. The molecular formula is C15H28N2O3. The van der Waals surface area contributed by atoms with E-state index in [1.54, 1.807) is 0 Å². The van der Waals surface area contributed by atoms with Crippen molar-refractivity contribution in [3.63, 3.8) is 0 Å². The molecule has 0 aromatic rings. The van der Waals surface area contributed by atoms with E-state index in [0.717, 1.165) is 0 Å². The average Bonchev–Trinajstić information content (AvgIpc) is 2.41. The van der Waals surface area contributed by atoms with E-state index >= 15 is 0 Å². The summed E-state index contributed by atoms with van der Waals surface area (Å²) in [5.74, 6) is -0.458. The van der Waals surface area contributed by atoms with Crippen LogP contribution in [-0.2, 0) is 9.59 Å². The molecule has 0 aliphatic rings. The number of ketones is 1. The van der Waals surface area contributed by atoms with Gasteiger partial charge in [0.2, 0.25) is 5.91 Å². The number of Topliss-reactive ketones (excluding diaryl/α,β-unsaturated/α-hetero) is 1. The van der Waals surface area contributed by atoms with Crippen LogP contribution in [0.1, 0.15) is 33.6 Å². The van der Waals surface area contributed by atoms with Crippen molar-refractivity contribution >= 4 is 11.7 Å². The third-order valence-corrected chi connectivity index (χ3v) is 3.45. The Morgan fingerprint density at radius 3 is 2.40 bits per heavy atom. The quantitative estimate of drug-likeness (QED) is 0.520. The Morgan fingerprint density at radius 1 is 1.30 bits per heavy atom. The van der Waals surface area contributed by atoms with Crippen molar-refractivity contribution < 1.29 is 14.7 Å². The van der Waals surface area contributed by atoms with Gasteiger partial charge in [0.15, 0.2) is 5.78 Å². The van der Waals surface area contributed by atoms with Crippen molar-refractivity contribution in [3.8, 4) is 0 Å². The Bertz CT molecular complexity index is 329. The van der Waals surface area contributed by atoms with Crippen molar-refractivity contribution in [2.75, 3.05) is 20.2 Å². The number of carbonyl (C=O) groups excluding carboxylic acids is 2. The lowest BCUT2D eigenvalue weighted by molar-refractivity contribution is -0.130. The first kappa shape index (κ1) is 18.8. The fourth-order valence-electron chi connectivity index (χ4n) is 2.07. The molecule has 0 spiro atoms. The molecule has 0 aromatic carbocycles. The molecule has 0 saturated carbocycles. The van der Waals surface area contributed by atoms with Gasteiger partial charge >= 0.3 is 0 Å². The van der Waals surface area contributed by atoms with E-state index in [1.807, 2.05) is 33.0 Å². The Labute approximate surface area is 121 Å². The van der Waals surface area contributed by atoms with E-state index < -0.39 is 6.04 Å². The maximum Gasteiger partial charge on any atom is 0.224 e. The van der Waals surface area contributed by atoms with Crippen LogP contribution in [-0.4, -0.2) is 43.0 Å². The average molecular weight is 284 g/mol. The molecule has 20 heavy (non-hydrogen) atoms. The molecule has 0 rings (SSSR count). The second-order valence-electron chi connectivity index (χ2n) is 5.05. The highest BCUT2D eigenvalue weighted by molar-refractivity contribution is 5.88. The van der Waals surface area contributed by atoms with Gasteiger partial charge < -0.3 is 15.7 Å². The molecule has 3 atom stereocenters. The monoisotopic (exact) mass is 284 g/mol. The van der Waals surface area contributed by atoms with Crippen molar-refractivity contribution in [3.05, 3.63) is 12.2 Å². The molecule has 0 bridgehead atoms. The maximum atomic E-state index is 12.2. The lowest BCUT2D eigenvalue weighted by Gasteiger charge is -2.23. The van der Waals surface area contributed by atoms with E-state index in [4.69, 9.17) is 5.11 Å². The molecule has 0 aliphatic carbocycles. The molecule has 3 N–H and O–H groups in total. The summed E-state index contributed by atoms with van der Waals surface area (Å²) in [6, 6.07) is -0.446. The molecule has 1 amide bonds. The zero-order valence-corrected chi connectivity index (χ0v) is 13.0. The number of aliphatic hydroxyl groups is 1. The lowest BCUT2D eigenvalue weighted by Crippen LogP contribution is -2.44. The number of hydrogen-bond donors (Lipinski definition) is 3. The van der Waals surface area contributed by atoms with Gasteiger partial charge in [0.25, 0.3) is 0 Å². The van der Waals surface area contributed by atoms with Crippen LogP contribution in [0.2, 0.25) is 0 Å². The predicted molar refractivity (Wildman–Crippen MR) is 80.3 cm³/mol. The summed E-state index contributed by atoms with van der Waals surface area (Å²) in [4.78, 5) is 23.7. The second kappa shape index (κ2) is 10.6. The van der Waals surface area contributed by atoms with Gasteiger partial charge in [0, 0.05) is 12.5 Å². The molecule has 116 valence electrons. The second-order valence-corrected chi connectivity index (χ2v) is 5.05. The first-order valence-electron chi connectivity index (χ1n) is 7.17. The molecule has 0 aliphatic heterocycles. The number of aliphatic hydroxyl groups excluding tert-OH is 1. The van der Waals surface area contributed by atoms with Crippen molar-refractivity contribution in [1.82, 2.24) is 10.6 Å². The maximum absolute atomic E-state index is 12.2. The summed E-state index contributed by atoms with van der Waals surface area (Å²) in [6.45, 7) is 5.92. The number of hydrogen-bond acceptors (Lipinski definition) is 4. The minimum absolute atomic E-state index is 0.0121. The van der Waals surface area contributed by atoms with Gasteiger partial charge in [-0.2, -0.15) is 0 Å². The topological polar surface area (TPSA) is 78.4 Å². The molecule has 0 saturated heterocycles. The molecule has 0 radical (unpaired) electrons. The summed E-state index contributed by atoms with van der Waals surface area (Å²) < 4.78 is 0. The summed E-state index contributed by atoms with van der Waals surface area (Å²) in [6.07, 6.45) is 4.93. The summed E-state index contributed by atoms with van der Waals surface area (Å²) >= 11 is 0. The van der Waals surface area contributed by atoms with Crippen molar-refractivity contribution in [1.29, 1.82) is 0 Å². The number of nitrogens with one attached hydrogen (secondary N) is 2. The molecular weight excluding hydrogens is 256 g/mol. The lowest BCUT2D eigenvalue weighted by atomic mass is 9.89.